The van der Waals surface area contributed by atoms with Crippen LogP contribution in [0.25, 0.3) is 10.9 Å². The van der Waals surface area contributed by atoms with E-state index in [1.807, 2.05) is 0 Å². The molecule has 28 heavy (non-hydrogen) atoms. The third kappa shape index (κ3) is 4.64. The van der Waals surface area contributed by atoms with Crippen molar-refractivity contribution in [3.8, 4) is 0 Å². The molecular formula is C18H13Cl4N3O3. The van der Waals surface area contributed by atoms with Gasteiger partial charge in [0.2, 0.25) is 0 Å². The number of aromatic nitrogens is 1. The second kappa shape index (κ2) is 8.49. The molecule has 0 fully saturated rings. The first-order chi connectivity index (χ1) is 13.2. The van der Waals surface area contributed by atoms with Gasteiger partial charge in [0.25, 0.3) is 0 Å². The number of carboxylic acids is 1. The van der Waals surface area contributed by atoms with Gasteiger partial charge in [0.1, 0.15) is 5.69 Å². The van der Waals surface area contributed by atoms with Gasteiger partial charge in [0.05, 0.1) is 5.02 Å². The Balaban J connectivity index is 1.73. The van der Waals surface area contributed by atoms with Crippen molar-refractivity contribution in [3.05, 3.63) is 61.7 Å². The van der Waals surface area contributed by atoms with Crippen molar-refractivity contribution in [1.29, 1.82) is 0 Å². The van der Waals surface area contributed by atoms with Gasteiger partial charge < -0.3 is 20.7 Å². The Morgan fingerprint density at radius 1 is 0.964 bits per heavy atom. The van der Waals surface area contributed by atoms with E-state index in [0.29, 0.717) is 42.2 Å². The number of aromatic amines is 1. The molecule has 4 N–H and O–H groups in total. The third-order valence-electron chi connectivity index (χ3n) is 3.91. The summed E-state index contributed by atoms with van der Waals surface area (Å²) in [4.78, 5) is 26.4. The molecule has 0 atom stereocenters. The Bertz CT molecular complexity index is 1060. The summed E-state index contributed by atoms with van der Waals surface area (Å²) in [7, 11) is 0. The van der Waals surface area contributed by atoms with E-state index in [-0.39, 0.29) is 18.7 Å². The maximum atomic E-state index is 12.1. The topological polar surface area (TPSA) is 94.2 Å². The predicted molar refractivity (Wildman–Crippen MR) is 112 cm³/mol. The van der Waals surface area contributed by atoms with Crippen LogP contribution in [-0.4, -0.2) is 28.6 Å². The number of hydrogen-bond acceptors (Lipinski definition) is 2. The quantitative estimate of drug-likeness (QED) is 0.385. The number of anilines is 1. The molecule has 3 aromatic rings. The average molecular weight is 461 g/mol. The first-order valence-corrected chi connectivity index (χ1v) is 9.49. The van der Waals surface area contributed by atoms with Crippen LogP contribution in [-0.2, 0) is 6.42 Å². The van der Waals surface area contributed by atoms with Crippen LogP contribution >= 0.6 is 46.4 Å². The minimum absolute atomic E-state index is 0.00278. The molecule has 0 bridgehead atoms. The van der Waals surface area contributed by atoms with Gasteiger partial charge in [-0.25, -0.2) is 9.59 Å². The molecule has 0 aliphatic rings. The van der Waals surface area contributed by atoms with E-state index in [2.05, 4.69) is 15.6 Å². The molecule has 0 spiro atoms. The lowest BCUT2D eigenvalue weighted by Crippen LogP contribution is -2.30. The molecule has 0 aliphatic heterocycles. The van der Waals surface area contributed by atoms with E-state index < -0.39 is 12.0 Å². The van der Waals surface area contributed by atoms with Crippen molar-refractivity contribution in [3.63, 3.8) is 0 Å². The Kier molecular flexibility index (Phi) is 6.25. The summed E-state index contributed by atoms with van der Waals surface area (Å²) in [6, 6.07) is 7.31. The summed E-state index contributed by atoms with van der Waals surface area (Å²) in [6.45, 7) is 0.173. The van der Waals surface area contributed by atoms with E-state index in [9.17, 15) is 14.7 Å². The Labute approximate surface area is 179 Å². The Morgan fingerprint density at radius 3 is 2.25 bits per heavy atom. The molecule has 0 aliphatic carbocycles. The van der Waals surface area contributed by atoms with Crippen LogP contribution < -0.4 is 10.6 Å². The first kappa shape index (κ1) is 20.6. The number of urea groups is 1. The SMILES string of the molecule is O=C(NCCc1c(C(=O)O)[nH]c2cc(Cl)cc(Cl)c12)Nc1cc(Cl)cc(Cl)c1. The minimum Gasteiger partial charge on any atom is -0.477 e. The van der Waals surface area contributed by atoms with E-state index in [1.165, 1.54) is 6.07 Å². The number of benzene rings is 2. The Morgan fingerprint density at radius 2 is 1.61 bits per heavy atom. The minimum atomic E-state index is -1.13. The van der Waals surface area contributed by atoms with Crippen molar-refractivity contribution in [1.82, 2.24) is 10.3 Å². The highest BCUT2D eigenvalue weighted by molar-refractivity contribution is 6.39. The second-order valence-corrected chi connectivity index (χ2v) is 7.60. The number of rotatable bonds is 5. The molecule has 10 heteroatoms. The molecule has 146 valence electrons. The smallest absolute Gasteiger partial charge is 0.352 e. The molecule has 0 radical (unpaired) electrons. The van der Waals surface area contributed by atoms with Crippen molar-refractivity contribution >= 4 is 75.0 Å². The zero-order chi connectivity index (χ0) is 20.4. The van der Waals surface area contributed by atoms with Crippen LogP contribution in [0.2, 0.25) is 20.1 Å². The summed E-state index contributed by atoms with van der Waals surface area (Å²) in [5.41, 5.74) is 1.44. The lowest BCUT2D eigenvalue weighted by Gasteiger charge is -2.09. The number of aromatic carboxylic acids is 1. The first-order valence-electron chi connectivity index (χ1n) is 7.98. The lowest BCUT2D eigenvalue weighted by atomic mass is 10.1. The highest BCUT2D eigenvalue weighted by atomic mass is 35.5. The molecule has 3 rings (SSSR count). The van der Waals surface area contributed by atoms with Crippen molar-refractivity contribution < 1.29 is 14.7 Å². The van der Waals surface area contributed by atoms with E-state index in [1.54, 1.807) is 24.3 Å². The van der Waals surface area contributed by atoms with Gasteiger partial charge in [-0.1, -0.05) is 46.4 Å². The van der Waals surface area contributed by atoms with Crippen LogP contribution in [0.3, 0.4) is 0 Å². The maximum absolute atomic E-state index is 12.1. The van der Waals surface area contributed by atoms with E-state index in [4.69, 9.17) is 46.4 Å². The normalized spacial score (nSPS) is 10.9. The number of carbonyl (C=O) groups is 2. The number of fused-ring (bicyclic) bond motifs is 1. The van der Waals surface area contributed by atoms with Gasteiger partial charge in [-0.2, -0.15) is 0 Å². The van der Waals surface area contributed by atoms with Gasteiger partial charge in [0.15, 0.2) is 0 Å². The van der Waals surface area contributed by atoms with Gasteiger partial charge in [-0.15, -0.1) is 0 Å². The van der Waals surface area contributed by atoms with Crippen molar-refractivity contribution in [2.75, 3.05) is 11.9 Å². The van der Waals surface area contributed by atoms with E-state index >= 15 is 0 Å². The fraction of sp³-hybridized carbons (Fsp3) is 0.111. The van der Waals surface area contributed by atoms with Crippen LogP contribution in [0, 0.1) is 0 Å². The maximum Gasteiger partial charge on any atom is 0.352 e. The molecule has 6 nitrogen and oxygen atoms in total. The summed E-state index contributed by atoms with van der Waals surface area (Å²) in [6.07, 6.45) is 0.243. The number of carbonyl (C=O) groups excluding carboxylic acids is 1. The number of hydrogen-bond donors (Lipinski definition) is 4. The zero-order valence-corrected chi connectivity index (χ0v) is 17.1. The molecule has 2 aromatic carbocycles. The highest BCUT2D eigenvalue weighted by Gasteiger charge is 2.19. The summed E-state index contributed by atoms with van der Waals surface area (Å²) in [5, 5.41) is 16.8. The van der Waals surface area contributed by atoms with E-state index in [0.717, 1.165) is 0 Å². The number of carboxylic acid groups (broad SMARTS) is 1. The summed E-state index contributed by atoms with van der Waals surface area (Å²) < 4.78 is 0. The van der Waals surface area contributed by atoms with Crippen LogP contribution in [0.5, 0.6) is 0 Å². The van der Waals surface area contributed by atoms with Crippen LogP contribution in [0.15, 0.2) is 30.3 Å². The monoisotopic (exact) mass is 459 g/mol. The van der Waals surface area contributed by atoms with Crippen molar-refractivity contribution in [2.24, 2.45) is 0 Å². The number of halogens is 4. The standard InChI is InChI=1S/C18H13Cl4N3O3/c19-8-3-9(20)5-11(4-8)24-18(28)23-2-1-12-15-13(22)6-10(21)7-14(15)25-16(12)17(26)27/h3-7,25H,1-2H2,(H,26,27)(H2,23,24,28). The fourth-order valence-corrected chi connectivity index (χ4v) is 3.98. The van der Waals surface area contributed by atoms with Gasteiger partial charge in [-0.3, -0.25) is 0 Å². The van der Waals surface area contributed by atoms with Gasteiger partial charge >= 0.3 is 12.0 Å². The second-order valence-electron chi connectivity index (χ2n) is 5.88. The molecule has 1 aromatic heterocycles. The zero-order valence-electron chi connectivity index (χ0n) is 14.1. The van der Waals surface area contributed by atoms with Crippen molar-refractivity contribution in [2.45, 2.75) is 6.42 Å². The Hall–Kier alpha value is -2.12. The molecule has 0 saturated heterocycles. The molecule has 1 heterocycles. The van der Waals surface area contributed by atoms with Crippen LogP contribution in [0.4, 0.5) is 10.5 Å². The fourth-order valence-electron chi connectivity index (χ4n) is 2.85. The molecule has 0 saturated carbocycles. The largest absolute Gasteiger partial charge is 0.477 e. The van der Waals surface area contributed by atoms with Gasteiger partial charge in [-0.05, 0) is 42.3 Å². The predicted octanol–water partition coefficient (Wildman–Crippen LogP) is 5.84. The molecule has 0 unspecified atom stereocenters. The molecule has 2 amide bonds. The number of amides is 2. The summed E-state index contributed by atoms with van der Waals surface area (Å²) in [5.74, 6) is -1.13. The van der Waals surface area contributed by atoms with Gasteiger partial charge in [0, 0.05) is 38.2 Å². The average Bonchev–Trinajstić information content (AvgIpc) is 2.92. The molecular weight excluding hydrogens is 448 g/mol. The lowest BCUT2D eigenvalue weighted by molar-refractivity contribution is 0.0690. The number of nitrogens with one attached hydrogen (secondary N) is 3. The summed E-state index contributed by atoms with van der Waals surface area (Å²) >= 11 is 24.0. The third-order valence-corrected chi connectivity index (χ3v) is 4.87. The van der Waals surface area contributed by atoms with Crippen LogP contribution in [0.1, 0.15) is 16.1 Å². The number of H-pyrrole nitrogens is 1. The highest BCUT2D eigenvalue weighted by Crippen LogP contribution is 2.32.